The first kappa shape index (κ1) is 15.8. The maximum absolute atomic E-state index is 11.6. The number of unbranched alkanes of at least 4 members (excludes halogenated alkanes) is 1. The van der Waals surface area contributed by atoms with Crippen molar-refractivity contribution in [2.45, 2.75) is 45.1 Å². The molecule has 0 bridgehead atoms. The van der Waals surface area contributed by atoms with Crippen LogP contribution in [0.15, 0.2) is 25.3 Å². The number of hydrogen-bond acceptors (Lipinski definition) is 3. The molecule has 0 aliphatic carbocycles. The summed E-state index contributed by atoms with van der Waals surface area (Å²) in [5.41, 5.74) is 5.12. The van der Waals surface area contributed by atoms with Crippen molar-refractivity contribution >= 4 is 11.6 Å². The number of carbonyl (C=O) groups is 2. The van der Waals surface area contributed by atoms with Gasteiger partial charge in [0.2, 0.25) is 0 Å². The van der Waals surface area contributed by atoms with Gasteiger partial charge in [0.15, 0.2) is 11.6 Å². The van der Waals surface area contributed by atoms with E-state index in [0.717, 1.165) is 19.3 Å². The zero-order valence-electron chi connectivity index (χ0n) is 10.9. The molecule has 2 atom stereocenters. The molecule has 0 aliphatic heterocycles. The normalized spacial score (nSPS) is 15.7. The van der Waals surface area contributed by atoms with Gasteiger partial charge in [0.05, 0.1) is 5.54 Å². The van der Waals surface area contributed by atoms with Crippen molar-refractivity contribution in [1.82, 2.24) is 0 Å². The maximum atomic E-state index is 11.6. The fourth-order valence-corrected chi connectivity index (χ4v) is 1.61. The second-order valence-corrected chi connectivity index (χ2v) is 4.67. The first-order valence-electron chi connectivity index (χ1n) is 5.97. The molecule has 0 fully saturated rings. The molecule has 0 aliphatic rings. The Kier molecular flexibility index (Phi) is 6.66. The van der Waals surface area contributed by atoms with Crippen LogP contribution in [0.3, 0.4) is 0 Å². The average Bonchev–Trinajstić information content (AvgIpc) is 2.32. The smallest absolute Gasteiger partial charge is 0.174 e. The monoisotopic (exact) mass is 237 g/mol. The Morgan fingerprint density at radius 2 is 1.88 bits per heavy atom. The zero-order valence-corrected chi connectivity index (χ0v) is 10.9. The van der Waals surface area contributed by atoms with E-state index >= 15 is 0 Å². The van der Waals surface area contributed by atoms with Crippen LogP contribution in [0.4, 0.5) is 0 Å². The standard InChI is InChI=1S/C14H23NO2/c1-5-12(16)10-8-7-9-11(3)14(4,15)13(17)6-2/h5-6,11H,1-2,7-10,15H2,3-4H3. The largest absolute Gasteiger partial charge is 0.319 e. The van der Waals surface area contributed by atoms with Gasteiger partial charge in [-0.3, -0.25) is 9.59 Å². The van der Waals surface area contributed by atoms with Crippen LogP contribution in [-0.4, -0.2) is 17.1 Å². The van der Waals surface area contributed by atoms with Crippen molar-refractivity contribution in [2.24, 2.45) is 11.7 Å². The van der Waals surface area contributed by atoms with Gasteiger partial charge in [0, 0.05) is 6.42 Å². The lowest BCUT2D eigenvalue weighted by Gasteiger charge is -2.29. The molecule has 0 saturated heterocycles. The Hall–Kier alpha value is -1.22. The summed E-state index contributed by atoms with van der Waals surface area (Å²) in [4.78, 5) is 22.5. The molecule has 3 heteroatoms. The van der Waals surface area contributed by atoms with Crippen molar-refractivity contribution in [3.8, 4) is 0 Å². The summed E-state index contributed by atoms with van der Waals surface area (Å²) < 4.78 is 0. The van der Waals surface area contributed by atoms with E-state index in [1.54, 1.807) is 6.92 Å². The Labute approximate surface area is 104 Å². The van der Waals surface area contributed by atoms with E-state index in [0.29, 0.717) is 6.42 Å². The average molecular weight is 237 g/mol. The van der Waals surface area contributed by atoms with Gasteiger partial charge in [0.1, 0.15) is 0 Å². The molecule has 0 spiro atoms. The number of ketones is 2. The predicted octanol–water partition coefficient (Wildman–Crippen LogP) is 2.41. The first-order chi connectivity index (χ1) is 7.86. The number of hydrogen-bond donors (Lipinski definition) is 1. The summed E-state index contributed by atoms with van der Waals surface area (Å²) in [6.07, 6.45) is 5.67. The predicted molar refractivity (Wildman–Crippen MR) is 70.6 cm³/mol. The topological polar surface area (TPSA) is 60.2 Å². The van der Waals surface area contributed by atoms with Crippen molar-refractivity contribution in [3.05, 3.63) is 25.3 Å². The second kappa shape index (κ2) is 7.17. The molecular formula is C14H23NO2. The van der Waals surface area contributed by atoms with Crippen LogP contribution in [0.1, 0.15) is 39.5 Å². The summed E-state index contributed by atoms with van der Waals surface area (Å²) >= 11 is 0. The van der Waals surface area contributed by atoms with E-state index in [-0.39, 0.29) is 17.5 Å². The van der Waals surface area contributed by atoms with Gasteiger partial charge >= 0.3 is 0 Å². The summed E-state index contributed by atoms with van der Waals surface area (Å²) in [6, 6.07) is 0. The van der Waals surface area contributed by atoms with Crippen LogP contribution in [0.5, 0.6) is 0 Å². The van der Waals surface area contributed by atoms with Crippen LogP contribution >= 0.6 is 0 Å². The van der Waals surface area contributed by atoms with Gasteiger partial charge in [-0.25, -0.2) is 0 Å². The number of rotatable bonds is 9. The maximum Gasteiger partial charge on any atom is 0.174 e. The highest BCUT2D eigenvalue weighted by Crippen LogP contribution is 2.22. The lowest BCUT2D eigenvalue weighted by molar-refractivity contribution is -0.120. The number of carbonyl (C=O) groups excluding carboxylic acids is 2. The Morgan fingerprint density at radius 3 is 2.35 bits per heavy atom. The fraction of sp³-hybridized carbons (Fsp3) is 0.571. The van der Waals surface area contributed by atoms with E-state index in [1.807, 2.05) is 6.92 Å². The summed E-state index contributed by atoms with van der Waals surface area (Å²) in [5, 5.41) is 0. The molecule has 0 radical (unpaired) electrons. The first-order valence-corrected chi connectivity index (χ1v) is 5.97. The minimum absolute atomic E-state index is 0.0651. The minimum atomic E-state index is -0.857. The van der Waals surface area contributed by atoms with Gasteiger partial charge in [0.25, 0.3) is 0 Å². The van der Waals surface area contributed by atoms with E-state index in [1.165, 1.54) is 12.2 Å². The molecule has 2 unspecified atom stereocenters. The zero-order chi connectivity index (χ0) is 13.5. The van der Waals surface area contributed by atoms with E-state index in [2.05, 4.69) is 13.2 Å². The van der Waals surface area contributed by atoms with Gasteiger partial charge in [-0.2, -0.15) is 0 Å². The minimum Gasteiger partial charge on any atom is -0.319 e. The molecule has 0 aromatic carbocycles. The SMILES string of the molecule is C=CC(=O)CCCCC(C)C(C)(N)C(=O)C=C. The van der Waals surface area contributed by atoms with Crippen LogP contribution in [-0.2, 0) is 9.59 Å². The molecule has 0 aromatic heterocycles. The highest BCUT2D eigenvalue weighted by Gasteiger charge is 2.31. The Balaban J connectivity index is 4.05. The van der Waals surface area contributed by atoms with Crippen molar-refractivity contribution in [2.75, 3.05) is 0 Å². The summed E-state index contributed by atoms with van der Waals surface area (Å²) in [5.74, 6) is 0.00864. The Bertz CT molecular complexity index is 305. The molecule has 0 saturated carbocycles. The molecule has 2 N–H and O–H groups in total. The number of nitrogens with two attached hydrogens (primary N) is 1. The van der Waals surface area contributed by atoms with Crippen LogP contribution in [0.2, 0.25) is 0 Å². The Morgan fingerprint density at radius 1 is 1.29 bits per heavy atom. The molecule has 0 aromatic rings. The lowest BCUT2D eigenvalue weighted by Crippen LogP contribution is -2.49. The highest BCUT2D eigenvalue weighted by atomic mass is 16.1. The highest BCUT2D eigenvalue weighted by molar-refractivity contribution is 5.97. The van der Waals surface area contributed by atoms with E-state index in [4.69, 9.17) is 5.73 Å². The van der Waals surface area contributed by atoms with Crippen molar-refractivity contribution in [3.63, 3.8) is 0 Å². The molecule has 96 valence electrons. The van der Waals surface area contributed by atoms with Gasteiger partial charge in [-0.15, -0.1) is 0 Å². The van der Waals surface area contributed by atoms with E-state index < -0.39 is 5.54 Å². The third-order valence-electron chi connectivity index (χ3n) is 3.28. The molecule has 17 heavy (non-hydrogen) atoms. The van der Waals surface area contributed by atoms with Crippen LogP contribution in [0.25, 0.3) is 0 Å². The summed E-state index contributed by atoms with van der Waals surface area (Å²) in [6.45, 7) is 10.6. The number of allylic oxidation sites excluding steroid dienone is 1. The van der Waals surface area contributed by atoms with Crippen molar-refractivity contribution < 1.29 is 9.59 Å². The van der Waals surface area contributed by atoms with Gasteiger partial charge in [-0.05, 0) is 37.8 Å². The van der Waals surface area contributed by atoms with Crippen LogP contribution < -0.4 is 5.73 Å². The molecular weight excluding hydrogens is 214 g/mol. The fourth-order valence-electron chi connectivity index (χ4n) is 1.61. The van der Waals surface area contributed by atoms with E-state index in [9.17, 15) is 9.59 Å². The van der Waals surface area contributed by atoms with Crippen molar-refractivity contribution in [1.29, 1.82) is 0 Å². The molecule has 0 rings (SSSR count). The van der Waals surface area contributed by atoms with Gasteiger partial charge in [-0.1, -0.05) is 26.5 Å². The molecule has 0 heterocycles. The second-order valence-electron chi connectivity index (χ2n) is 4.67. The quantitative estimate of drug-likeness (QED) is 0.495. The third-order valence-corrected chi connectivity index (χ3v) is 3.28. The lowest BCUT2D eigenvalue weighted by atomic mass is 9.81. The molecule has 0 amide bonds. The third kappa shape index (κ3) is 5.09. The summed E-state index contributed by atoms with van der Waals surface area (Å²) in [7, 11) is 0. The molecule has 3 nitrogen and oxygen atoms in total. The van der Waals surface area contributed by atoms with Gasteiger partial charge < -0.3 is 5.73 Å². The van der Waals surface area contributed by atoms with Crippen LogP contribution in [0, 0.1) is 5.92 Å².